The van der Waals surface area contributed by atoms with Gasteiger partial charge < -0.3 is 15.2 Å². The summed E-state index contributed by atoms with van der Waals surface area (Å²) in [6.07, 6.45) is 1.98. The molecule has 0 radical (unpaired) electrons. The summed E-state index contributed by atoms with van der Waals surface area (Å²) in [5, 5.41) is 10.8. The topological polar surface area (TPSA) is 62.5 Å². The van der Waals surface area contributed by atoms with Crippen LogP contribution in [0.5, 0.6) is 0 Å². The number of aromatic nitrogens is 1. The van der Waals surface area contributed by atoms with Crippen molar-refractivity contribution in [2.24, 2.45) is 4.99 Å². The summed E-state index contributed by atoms with van der Waals surface area (Å²) in [4.78, 5) is 4.75. The van der Waals surface area contributed by atoms with Gasteiger partial charge in [-0.3, -0.25) is 4.99 Å². The molecule has 5 heteroatoms. The number of aryl methyl sites for hydroxylation is 3. The standard InChI is InChI=1S/C21H32N4O/c1-6-22-21(23-13-7-8-20-17(4)25-26-18(20)5)24-14-16(3)19-11-9-15(2)10-12-19/h9-12,16H,6-8,13-14H2,1-5H3,(H2,22,23,24). The highest BCUT2D eigenvalue weighted by Gasteiger charge is 2.09. The van der Waals surface area contributed by atoms with Crippen molar-refractivity contribution in [1.82, 2.24) is 15.8 Å². The van der Waals surface area contributed by atoms with Crippen LogP contribution in [0, 0.1) is 20.8 Å². The number of hydrogen-bond acceptors (Lipinski definition) is 3. The third-order valence-electron chi connectivity index (χ3n) is 4.59. The molecule has 0 fully saturated rings. The lowest BCUT2D eigenvalue weighted by molar-refractivity contribution is 0.392. The molecule has 142 valence electrons. The molecule has 2 N–H and O–H groups in total. The van der Waals surface area contributed by atoms with E-state index in [1.165, 1.54) is 16.7 Å². The average molecular weight is 357 g/mol. The predicted molar refractivity (Wildman–Crippen MR) is 108 cm³/mol. The number of hydrogen-bond donors (Lipinski definition) is 2. The van der Waals surface area contributed by atoms with Crippen LogP contribution in [0.15, 0.2) is 33.8 Å². The number of nitrogens with one attached hydrogen (secondary N) is 2. The van der Waals surface area contributed by atoms with E-state index in [0.29, 0.717) is 5.92 Å². The molecule has 1 aromatic carbocycles. The average Bonchev–Trinajstić information content (AvgIpc) is 2.95. The number of guanidine groups is 1. The summed E-state index contributed by atoms with van der Waals surface area (Å²) in [5.74, 6) is 2.20. The monoisotopic (exact) mass is 356 g/mol. The van der Waals surface area contributed by atoms with Crippen molar-refractivity contribution >= 4 is 5.96 Å². The summed E-state index contributed by atoms with van der Waals surface area (Å²) in [5.41, 5.74) is 4.84. The summed E-state index contributed by atoms with van der Waals surface area (Å²) in [6.45, 7) is 12.9. The molecule has 5 nitrogen and oxygen atoms in total. The van der Waals surface area contributed by atoms with Gasteiger partial charge in [0.25, 0.3) is 0 Å². The maximum absolute atomic E-state index is 5.22. The molecule has 0 spiro atoms. The van der Waals surface area contributed by atoms with Crippen molar-refractivity contribution in [3.05, 3.63) is 52.4 Å². The maximum atomic E-state index is 5.22. The van der Waals surface area contributed by atoms with E-state index >= 15 is 0 Å². The molecular weight excluding hydrogens is 324 g/mol. The second-order valence-corrected chi connectivity index (χ2v) is 6.86. The molecule has 1 heterocycles. The van der Waals surface area contributed by atoms with Crippen LogP contribution in [-0.2, 0) is 6.42 Å². The highest BCUT2D eigenvalue weighted by Crippen LogP contribution is 2.16. The minimum atomic E-state index is 0.397. The molecule has 0 amide bonds. The van der Waals surface area contributed by atoms with Gasteiger partial charge in [0, 0.05) is 31.1 Å². The molecular formula is C21H32N4O. The Morgan fingerprint density at radius 3 is 2.50 bits per heavy atom. The lowest BCUT2D eigenvalue weighted by Gasteiger charge is -2.14. The Balaban J connectivity index is 1.83. The zero-order valence-corrected chi connectivity index (χ0v) is 16.7. The molecule has 0 aliphatic heterocycles. The van der Waals surface area contributed by atoms with Crippen LogP contribution in [-0.4, -0.2) is 30.8 Å². The van der Waals surface area contributed by atoms with Gasteiger partial charge in [0.05, 0.1) is 5.69 Å². The molecule has 1 aromatic heterocycles. The molecule has 26 heavy (non-hydrogen) atoms. The largest absolute Gasteiger partial charge is 0.361 e. The Hall–Kier alpha value is -2.30. The fourth-order valence-electron chi connectivity index (χ4n) is 2.90. The van der Waals surface area contributed by atoms with Gasteiger partial charge in [-0.2, -0.15) is 0 Å². The van der Waals surface area contributed by atoms with Crippen LogP contribution < -0.4 is 10.6 Å². The van der Waals surface area contributed by atoms with E-state index < -0.39 is 0 Å². The van der Waals surface area contributed by atoms with Crippen molar-refractivity contribution in [2.45, 2.75) is 53.4 Å². The van der Waals surface area contributed by atoms with Crippen LogP contribution in [0.3, 0.4) is 0 Å². The molecule has 0 saturated carbocycles. The molecule has 0 aliphatic carbocycles. The first kappa shape index (κ1) is 20.0. The van der Waals surface area contributed by atoms with Crippen molar-refractivity contribution in [2.75, 3.05) is 19.6 Å². The molecule has 1 unspecified atom stereocenters. The van der Waals surface area contributed by atoms with Crippen molar-refractivity contribution in [1.29, 1.82) is 0 Å². The van der Waals surface area contributed by atoms with Gasteiger partial charge in [-0.25, -0.2) is 0 Å². The first-order valence-corrected chi connectivity index (χ1v) is 9.51. The molecule has 0 aliphatic rings. The summed E-state index contributed by atoms with van der Waals surface area (Å²) < 4.78 is 5.22. The van der Waals surface area contributed by atoms with E-state index in [0.717, 1.165) is 49.9 Å². The molecule has 1 atom stereocenters. The third kappa shape index (κ3) is 5.90. The lowest BCUT2D eigenvalue weighted by Crippen LogP contribution is -2.38. The smallest absolute Gasteiger partial charge is 0.191 e. The second kappa shape index (κ2) is 10.00. The van der Waals surface area contributed by atoms with E-state index in [-0.39, 0.29) is 0 Å². The second-order valence-electron chi connectivity index (χ2n) is 6.86. The number of rotatable bonds is 8. The zero-order chi connectivity index (χ0) is 18.9. The van der Waals surface area contributed by atoms with E-state index in [2.05, 4.69) is 60.8 Å². The number of benzene rings is 1. The highest BCUT2D eigenvalue weighted by molar-refractivity contribution is 5.79. The predicted octanol–water partition coefficient (Wildman–Crippen LogP) is 3.89. The first-order chi connectivity index (χ1) is 12.5. The highest BCUT2D eigenvalue weighted by atomic mass is 16.5. The van der Waals surface area contributed by atoms with Gasteiger partial charge in [0.1, 0.15) is 5.76 Å². The summed E-state index contributed by atoms with van der Waals surface area (Å²) in [6, 6.07) is 8.71. The minimum Gasteiger partial charge on any atom is -0.361 e. The fraction of sp³-hybridized carbons (Fsp3) is 0.524. The fourth-order valence-corrected chi connectivity index (χ4v) is 2.90. The van der Waals surface area contributed by atoms with Gasteiger partial charge >= 0.3 is 0 Å². The Labute approximate surface area is 157 Å². The van der Waals surface area contributed by atoms with Gasteiger partial charge in [-0.15, -0.1) is 0 Å². The van der Waals surface area contributed by atoms with Crippen LogP contribution in [0.2, 0.25) is 0 Å². The van der Waals surface area contributed by atoms with Crippen LogP contribution in [0.1, 0.15) is 54.3 Å². The molecule has 0 bridgehead atoms. The Morgan fingerprint density at radius 1 is 1.15 bits per heavy atom. The van der Waals surface area contributed by atoms with Gasteiger partial charge in [0.15, 0.2) is 5.96 Å². The normalized spacial score (nSPS) is 12.9. The number of nitrogens with zero attached hydrogens (tertiary/aromatic N) is 2. The Kier molecular flexibility index (Phi) is 7.70. The third-order valence-corrected chi connectivity index (χ3v) is 4.59. The van der Waals surface area contributed by atoms with E-state index in [1.54, 1.807) is 0 Å². The summed E-state index contributed by atoms with van der Waals surface area (Å²) >= 11 is 0. The van der Waals surface area contributed by atoms with Crippen LogP contribution in [0.4, 0.5) is 0 Å². The lowest BCUT2D eigenvalue weighted by atomic mass is 10.0. The maximum Gasteiger partial charge on any atom is 0.191 e. The Bertz CT molecular complexity index is 684. The van der Waals surface area contributed by atoms with Crippen molar-refractivity contribution in [3.63, 3.8) is 0 Å². The molecule has 0 saturated heterocycles. The van der Waals surface area contributed by atoms with Gasteiger partial charge in [-0.1, -0.05) is 41.9 Å². The van der Waals surface area contributed by atoms with E-state index in [1.807, 2.05) is 13.8 Å². The number of aliphatic imine (C=N–C) groups is 1. The minimum absolute atomic E-state index is 0.397. The Morgan fingerprint density at radius 2 is 1.88 bits per heavy atom. The quantitative estimate of drug-likeness (QED) is 0.428. The van der Waals surface area contributed by atoms with Crippen LogP contribution >= 0.6 is 0 Å². The van der Waals surface area contributed by atoms with Crippen molar-refractivity contribution in [3.8, 4) is 0 Å². The van der Waals surface area contributed by atoms with Crippen LogP contribution in [0.25, 0.3) is 0 Å². The van der Waals surface area contributed by atoms with Crippen molar-refractivity contribution < 1.29 is 4.52 Å². The summed E-state index contributed by atoms with van der Waals surface area (Å²) in [7, 11) is 0. The molecule has 2 rings (SSSR count). The molecule has 2 aromatic rings. The first-order valence-electron chi connectivity index (χ1n) is 9.51. The zero-order valence-electron chi connectivity index (χ0n) is 16.7. The van der Waals surface area contributed by atoms with E-state index in [9.17, 15) is 0 Å². The van der Waals surface area contributed by atoms with Gasteiger partial charge in [-0.05, 0) is 46.1 Å². The SMILES string of the molecule is CCNC(=NCC(C)c1ccc(C)cc1)NCCCc1c(C)noc1C. The van der Waals surface area contributed by atoms with E-state index in [4.69, 9.17) is 9.52 Å². The van der Waals surface area contributed by atoms with Gasteiger partial charge in [0.2, 0.25) is 0 Å².